The molecule has 0 unspecified atom stereocenters. The van der Waals surface area contributed by atoms with Crippen molar-refractivity contribution in [2.75, 3.05) is 12.9 Å². The summed E-state index contributed by atoms with van der Waals surface area (Å²) in [5.41, 5.74) is 1.40. The van der Waals surface area contributed by atoms with Gasteiger partial charge in [-0.2, -0.15) is 0 Å². The molecule has 0 spiro atoms. The quantitative estimate of drug-likeness (QED) is 0.365. The molecule has 114 valence electrons. The molecule has 2 rings (SSSR count). The van der Waals surface area contributed by atoms with Crippen LogP contribution in [0.1, 0.15) is 5.56 Å². The second kappa shape index (κ2) is 8.14. The first-order valence-corrected chi connectivity index (χ1v) is 7.65. The van der Waals surface area contributed by atoms with Crippen LogP contribution in [0.3, 0.4) is 0 Å². The highest BCUT2D eigenvalue weighted by atomic mass is 32.2. The minimum absolute atomic E-state index is 0.0929. The van der Waals surface area contributed by atoms with Gasteiger partial charge in [0, 0.05) is 10.6 Å². The molecule has 2 N–H and O–H groups in total. The van der Waals surface area contributed by atoms with E-state index in [-0.39, 0.29) is 5.75 Å². The molecular weight excluding hydrogens is 298 g/mol. The van der Waals surface area contributed by atoms with Gasteiger partial charge in [-0.15, -0.1) is 11.8 Å². The zero-order chi connectivity index (χ0) is 15.8. The van der Waals surface area contributed by atoms with E-state index in [2.05, 4.69) is 5.16 Å². The van der Waals surface area contributed by atoms with Crippen molar-refractivity contribution >= 4 is 23.5 Å². The molecule has 0 aliphatic rings. The molecule has 0 saturated carbocycles. The zero-order valence-corrected chi connectivity index (χ0v) is 13.0. The number of hydrogen-bond donors (Lipinski definition) is 2. The van der Waals surface area contributed by atoms with Gasteiger partial charge in [-0.1, -0.05) is 35.5 Å². The highest BCUT2D eigenvalue weighted by molar-refractivity contribution is 8.00. The minimum atomic E-state index is 0.0929. The molecule has 0 fully saturated rings. The molecule has 0 saturated heterocycles. The lowest BCUT2D eigenvalue weighted by atomic mass is 10.1. The topological polar surface area (TPSA) is 62.0 Å². The fourth-order valence-electron chi connectivity index (χ4n) is 1.77. The van der Waals surface area contributed by atoms with E-state index in [9.17, 15) is 5.11 Å². The second-order valence-electron chi connectivity index (χ2n) is 4.46. The van der Waals surface area contributed by atoms with Gasteiger partial charge < -0.3 is 15.1 Å². The highest BCUT2D eigenvalue weighted by Gasteiger charge is 2.02. The van der Waals surface area contributed by atoms with Crippen LogP contribution in [0.5, 0.6) is 11.5 Å². The SMILES string of the molecule is COc1cc(/C=C/C(CSc2ccccc2)=N/O)ccc1O. The number of ether oxygens (including phenoxy) is 1. The van der Waals surface area contributed by atoms with Crippen molar-refractivity contribution < 1.29 is 15.1 Å². The molecule has 5 heteroatoms. The largest absolute Gasteiger partial charge is 0.504 e. The number of rotatable bonds is 6. The summed E-state index contributed by atoms with van der Waals surface area (Å²) in [5, 5.41) is 21.9. The average Bonchev–Trinajstić information content (AvgIpc) is 2.57. The van der Waals surface area contributed by atoms with E-state index in [4.69, 9.17) is 9.94 Å². The Morgan fingerprint density at radius 2 is 2.00 bits per heavy atom. The Hall–Kier alpha value is -2.40. The fourth-order valence-corrected chi connectivity index (χ4v) is 2.59. The lowest BCUT2D eigenvalue weighted by molar-refractivity contribution is 0.319. The van der Waals surface area contributed by atoms with Crippen molar-refractivity contribution in [2.45, 2.75) is 4.90 Å². The number of phenolic OH excluding ortho intramolecular Hbond substituents is 1. The Labute approximate surface area is 133 Å². The van der Waals surface area contributed by atoms with E-state index in [1.54, 1.807) is 36.0 Å². The molecule has 0 aliphatic carbocycles. The van der Waals surface area contributed by atoms with Gasteiger partial charge in [0.05, 0.1) is 12.8 Å². The van der Waals surface area contributed by atoms with Crippen molar-refractivity contribution in [2.24, 2.45) is 5.16 Å². The number of phenols is 1. The summed E-state index contributed by atoms with van der Waals surface area (Å²) < 4.78 is 5.06. The number of oxime groups is 1. The summed E-state index contributed by atoms with van der Waals surface area (Å²) in [4.78, 5) is 1.11. The Balaban J connectivity index is 2.01. The Kier molecular flexibility index (Phi) is 5.91. The third-order valence-electron chi connectivity index (χ3n) is 2.93. The summed E-state index contributed by atoms with van der Waals surface area (Å²) in [7, 11) is 1.50. The van der Waals surface area contributed by atoms with Gasteiger partial charge in [-0.3, -0.25) is 0 Å². The van der Waals surface area contributed by atoms with Gasteiger partial charge >= 0.3 is 0 Å². The monoisotopic (exact) mass is 315 g/mol. The fraction of sp³-hybridized carbons (Fsp3) is 0.118. The number of nitrogens with zero attached hydrogens (tertiary/aromatic N) is 1. The molecule has 0 aromatic heterocycles. The van der Waals surface area contributed by atoms with Crippen LogP contribution in [0, 0.1) is 0 Å². The molecule has 0 heterocycles. The molecule has 0 bridgehead atoms. The van der Waals surface area contributed by atoms with E-state index in [1.807, 2.05) is 36.4 Å². The van der Waals surface area contributed by atoms with Crippen LogP contribution in [0.25, 0.3) is 6.08 Å². The van der Waals surface area contributed by atoms with E-state index in [1.165, 1.54) is 7.11 Å². The molecule has 2 aromatic rings. The van der Waals surface area contributed by atoms with Crippen LogP contribution in [0.4, 0.5) is 0 Å². The summed E-state index contributed by atoms with van der Waals surface area (Å²) in [6.45, 7) is 0. The maximum Gasteiger partial charge on any atom is 0.161 e. The lowest BCUT2D eigenvalue weighted by Crippen LogP contribution is -1.97. The van der Waals surface area contributed by atoms with Crippen LogP contribution >= 0.6 is 11.8 Å². The maximum atomic E-state index is 9.55. The molecular formula is C17H17NO3S. The summed E-state index contributed by atoms with van der Waals surface area (Å²) in [5.74, 6) is 1.06. The number of thioether (sulfide) groups is 1. The number of benzene rings is 2. The van der Waals surface area contributed by atoms with Crippen molar-refractivity contribution in [3.05, 3.63) is 60.2 Å². The molecule has 22 heavy (non-hydrogen) atoms. The predicted molar refractivity (Wildman–Crippen MR) is 90.1 cm³/mol. The smallest absolute Gasteiger partial charge is 0.161 e. The van der Waals surface area contributed by atoms with Crippen molar-refractivity contribution in [1.29, 1.82) is 0 Å². The summed E-state index contributed by atoms with van der Waals surface area (Å²) in [6.07, 6.45) is 3.55. The van der Waals surface area contributed by atoms with Crippen molar-refractivity contribution in [1.82, 2.24) is 0 Å². The van der Waals surface area contributed by atoms with Crippen LogP contribution in [-0.4, -0.2) is 28.9 Å². The molecule has 0 amide bonds. The third kappa shape index (κ3) is 4.56. The average molecular weight is 315 g/mol. The van der Waals surface area contributed by atoms with Crippen LogP contribution in [-0.2, 0) is 0 Å². The third-order valence-corrected chi connectivity index (χ3v) is 3.98. The van der Waals surface area contributed by atoms with E-state index >= 15 is 0 Å². The van der Waals surface area contributed by atoms with Crippen LogP contribution in [0.15, 0.2) is 64.7 Å². The van der Waals surface area contributed by atoms with Crippen LogP contribution < -0.4 is 4.74 Å². The Morgan fingerprint density at radius 3 is 2.68 bits per heavy atom. The second-order valence-corrected chi connectivity index (χ2v) is 5.51. The van der Waals surface area contributed by atoms with Gasteiger partial charge in [-0.25, -0.2) is 0 Å². The van der Waals surface area contributed by atoms with Gasteiger partial charge in [0.2, 0.25) is 0 Å². The lowest BCUT2D eigenvalue weighted by Gasteiger charge is -2.04. The first-order valence-electron chi connectivity index (χ1n) is 6.67. The molecule has 4 nitrogen and oxygen atoms in total. The van der Waals surface area contributed by atoms with Gasteiger partial charge in [-0.05, 0) is 35.9 Å². The van der Waals surface area contributed by atoms with Crippen molar-refractivity contribution in [3.8, 4) is 11.5 Å². The molecule has 2 aromatic carbocycles. The van der Waals surface area contributed by atoms with Gasteiger partial charge in [0.25, 0.3) is 0 Å². The molecule has 0 aliphatic heterocycles. The summed E-state index contributed by atoms with van der Waals surface area (Å²) in [6, 6.07) is 14.9. The molecule has 0 radical (unpaired) electrons. The first-order chi connectivity index (χ1) is 10.7. The number of methoxy groups -OCH3 is 1. The normalized spacial score (nSPS) is 11.8. The van der Waals surface area contributed by atoms with E-state index in [0.717, 1.165) is 10.5 Å². The Morgan fingerprint density at radius 1 is 1.23 bits per heavy atom. The van der Waals surface area contributed by atoms with E-state index in [0.29, 0.717) is 17.2 Å². The summed E-state index contributed by atoms with van der Waals surface area (Å²) >= 11 is 1.59. The van der Waals surface area contributed by atoms with Crippen LogP contribution in [0.2, 0.25) is 0 Å². The van der Waals surface area contributed by atoms with E-state index < -0.39 is 0 Å². The Bertz CT molecular complexity index is 669. The van der Waals surface area contributed by atoms with Gasteiger partial charge in [0.1, 0.15) is 0 Å². The zero-order valence-electron chi connectivity index (χ0n) is 12.1. The van der Waals surface area contributed by atoms with Gasteiger partial charge in [0.15, 0.2) is 11.5 Å². The maximum absolute atomic E-state index is 9.55. The molecule has 0 atom stereocenters. The predicted octanol–water partition coefficient (Wildman–Crippen LogP) is 4.04. The minimum Gasteiger partial charge on any atom is -0.504 e. The number of allylic oxidation sites excluding steroid dienone is 1. The van der Waals surface area contributed by atoms with Crippen molar-refractivity contribution in [3.63, 3.8) is 0 Å². The first kappa shape index (κ1) is 16.0. The number of aromatic hydroxyl groups is 1. The highest BCUT2D eigenvalue weighted by Crippen LogP contribution is 2.26. The standard InChI is InChI=1S/C17H17NO3S/c1-21-17-11-13(8-10-16(17)19)7-9-14(18-20)12-22-15-5-3-2-4-6-15/h2-11,19-20H,12H2,1H3/b9-7+,18-14-. The number of hydrogen-bond acceptors (Lipinski definition) is 5.